The number of nitrogens with one attached hydrogen (secondary N) is 1. The second-order valence-electron chi connectivity index (χ2n) is 5.42. The lowest BCUT2D eigenvalue weighted by atomic mass is 10.1. The first-order valence-electron chi connectivity index (χ1n) is 7.73. The number of unbranched alkanes of at least 4 members (excludes halogenated alkanes) is 9. The molecule has 0 saturated carbocycles. The van der Waals surface area contributed by atoms with E-state index in [1.165, 1.54) is 69.2 Å². The van der Waals surface area contributed by atoms with Crippen LogP contribution < -0.4 is 23.3 Å². The van der Waals surface area contributed by atoms with Crippen molar-refractivity contribution in [3.8, 4) is 0 Å². The van der Waals surface area contributed by atoms with Crippen molar-refractivity contribution in [3.05, 3.63) is 0 Å². The minimum absolute atomic E-state index is 0. The molecule has 0 aromatic heterocycles. The first-order valence-corrected chi connectivity index (χ1v) is 7.73. The fraction of sp³-hybridized carbons (Fsp3) is 0.929. The van der Waals surface area contributed by atoms with Crippen LogP contribution in [0.5, 0.6) is 0 Å². The second kappa shape index (κ2) is 12.7. The van der Waals surface area contributed by atoms with Gasteiger partial charge in [-0.2, -0.15) is 5.01 Å². The van der Waals surface area contributed by atoms with Crippen molar-refractivity contribution in [1.82, 2.24) is 5.01 Å². The van der Waals surface area contributed by atoms with Gasteiger partial charge in [0.1, 0.15) is 6.54 Å². The van der Waals surface area contributed by atoms with E-state index in [9.17, 15) is 0 Å². The van der Waals surface area contributed by atoms with Gasteiger partial charge in [0, 0.05) is 0 Å². The van der Waals surface area contributed by atoms with Crippen molar-refractivity contribution in [2.75, 3.05) is 13.2 Å². The zero-order valence-electron chi connectivity index (χ0n) is 12.4. The zero-order chi connectivity index (χ0) is 13.1. The fourth-order valence-electron chi connectivity index (χ4n) is 2.41. The number of quaternary nitrogens is 1. The SMILES string of the molecule is CCCCCCCCCCCC[NH+]1CN(N)C=N1.[Cl-]. The number of nitrogens with two attached hydrogens (primary N) is 1. The summed E-state index contributed by atoms with van der Waals surface area (Å²) < 4.78 is 0. The Balaban J connectivity index is 0.00000324. The topological polar surface area (TPSA) is 46.1 Å². The highest BCUT2D eigenvalue weighted by Crippen LogP contribution is 2.09. The molecule has 1 unspecified atom stereocenters. The summed E-state index contributed by atoms with van der Waals surface area (Å²) in [7, 11) is 0. The number of hydrogen-bond acceptors (Lipinski definition) is 3. The quantitative estimate of drug-likeness (QED) is 0.374. The Labute approximate surface area is 124 Å². The third-order valence-electron chi connectivity index (χ3n) is 3.57. The Morgan fingerprint density at radius 3 is 2.00 bits per heavy atom. The summed E-state index contributed by atoms with van der Waals surface area (Å²) >= 11 is 0. The van der Waals surface area contributed by atoms with Crippen LogP contribution in [0.3, 0.4) is 0 Å². The summed E-state index contributed by atoms with van der Waals surface area (Å²) in [5, 5.41) is 7.19. The summed E-state index contributed by atoms with van der Waals surface area (Å²) in [5.74, 6) is 5.61. The number of halogens is 1. The Bertz CT molecular complexity index is 223. The van der Waals surface area contributed by atoms with E-state index >= 15 is 0 Å². The van der Waals surface area contributed by atoms with Crippen LogP contribution in [-0.4, -0.2) is 24.6 Å². The minimum Gasteiger partial charge on any atom is -1.00 e. The lowest BCUT2D eigenvalue weighted by Gasteiger charge is -2.09. The molecular formula is C14H31ClN4. The third kappa shape index (κ3) is 10.2. The van der Waals surface area contributed by atoms with E-state index < -0.39 is 0 Å². The summed E-state index contributed by atoms with van der Waals surface area (Å²) in [6.45, 7) is 4.23. The van der Waals surface area contributed by atoms with Crippen LogP contribution in [0.15, 0.2) is 5.10 Å². The third-order valence-corrected chi connectivity index (χ3v) is 3.57. The van der Waals surface area contributed by atoms with Crippen molar-refractivity contribution >= 4 is 6.34 Å². The fourth-order valence-corrected chi connectivity index (χ4v) is 2.41. The van der Waals surface area contributed by atoms with Crippen LogP contribution in [0.1, 0.15) is 71.1 Å². The molecular weight excluding hydrogens is 260 g/mol. The van der Waals surface area contributed by atoms with E-state index in [2.05, 4.69) is 12.0 Å². The minimum atomic E-state index is 0. The first kappa shape index (κ1) is 18.7. The van der Waals surface area contributed by atoms with Crippen LogP contribution in [-0.2, 0) is 0 Å². The largest absolute Gasteiger partial charge is 1.00 e. The molecule has 0 aromatic rings. The summed E-state index contributed by atoms with van der Waals surface area (Å²) in [6.07, 6.45) is 15.6. The maximum absolute atomic E-state index is 5.61. The Morgan fingerprint density at radius 2 is 1.53 bits per heavy atom. The summed E-state index contributed by atoms with van der Waals surface area (Å²) in [5.41, 5.74) is 0. The molecule has 5 heteroatoms. The lowest BCUT2D eigenvalue weighted by Crippen LogP contribution is -3.07. The van der Waals surface area contributed by atoms with Gasteiger partial charge in [-0.05, 0) is 12.8 Å². The average molecular weight is 291 g/mol. The molecule has 4 nitrogen and oxygen atoms in total. The first-order chi connectivity index (χ1) is 8.83. The van der Waals surface area contributed by atoms with Gasteiger partial charge in [0.15, 0.2) is 13.0 Å². The van der Waals surface area contributed by atoms with Gasteiger partial charge in [0.25, 0.3) is 0 Å². The second-order valence-corrected chi connectivity index (χ2v) is 5.42. The molecule has 3 N–H and O–H groups in total. The van der Waals surface area contributed by atoms with Crippen LogP contribution in [0, 0.1) is 0 Å². The summed E-state index contributed by atoms with van der Waals surface area (Å²) in [4.78, 5) is 0. The lowest BCUT2D eigenvalue weighted by molar-refractivity contribution is -0.908. The molecule has 0 aromatic carbocycles. The molecule has 1 aliphatic rings. The molecule has 114 valence electrons. The average Bonchev–Trinajstić information content (AvgIpc) is 2.77. The van der Waals surface area contributed by atoms with Gasteiger partial charge in [-0.3, -0.25) is 0 Å². The monoisotopic (exact) mass is 290 g/mol. The van der Waals surface area contributed by atoms with E-state index in [4.69, 9.17) is 5.84 Å². The maximum atomic E-state index is 5.61. The number of nitrogens with zero attached hydrogens (tertiary/aromatic N) is 2. The van der Waals surface area contributed by atoms with Crippen molar-refractivity contribution < 1.29 is 17.4 Å². The van der Waals surface area contributed by atoms with Gasteiger partial charge in [-0.15, -0.1) is 0 Å². The van der Waals surface area contributed by atoms with Crippen LogP contribution in [0.25, 0.3) is 0 Å². The van der Waals surface area contributed by atoms with Crippen molar-refractivity contribution in [3.63, 3.8) is 0 Å². The number of rotatable bonds is 11. The molecule has 1 aliphatic heterocycles. The number of hydrogen-bond donors (Lipinski definition) is 2. The molecule has 0 saturated heterocycles. The molecule has 0 radical (unpaired) electrons. The van der Waals surface area contributed by atoms with Crippen LogP contribution >= 0.6 is 0 Å². The van der Waals surface area contributed by atoms with Gasteiger partial charge in [-0.25, -0.2) is 10.9 Å². The van der Waals surface area contributed by atoms with E-state index in [1.807, 2.05) is 0 Å². The predicted molar refractivity (Wildman–Crippen MR) is 77.1 cm³/mol. The molecule has 0 bridgehead atoms. The standard InChI is InChI=1S/C14H30N4.ClH/c1-2-3-4-5-6-7-8-9-10-11-12-18-14-17(15)13-16-18;/h13H,2-12,14-15H2,1H3;1H. The van der Waals surface area contributed by atoms with Crippen LogP contribution in [0.2, 0.25) is 0 Å². The molecule has 0 amide bonds. The predicted octanol–water partition coefficient (Wildman–Crippen LogP) is -1.11. The molecule has 0 spiro atoms. The summed E-state index contributed by atoms with van der Waals surface area (Å²) in [6, 6.07) is 0. The molecule has 1 rings (SSSR count). The highest BCUT2D eigenvalue weighted by molar-refractivity contribution is 5.53. The normalized spacial score (nSPS) is 17.8. The Morgan fingerprint density at radius 1 is 1.00 bits per heavy atom. The smallest absolute Gasteiger partial charge is 0.191 e. The van der Waals surface area contributed by atoms with Gasteiger partial charge in [-0.1, -0.05) is 63.4 Å². The highest BCUT2D eigenvalue weighted by Gasteiger charge is 2.14. The van der Waals surface area contributed by atoms with Crippen molar-refractivity contribution in [2.45, 2.75) is 71.1 Å². The highest BCUT2D eigenvalue weighted by atomic mass is 35.5. The van der Waals surface area contributed by atoms with Gasteiger partial charge >= 0.3 is 0 Å². The Hall–Kier alpha value is -0.320. The molecule has 0 aliphatic carbocycles. The van der Waals surface area contributed by atoms with E-state index in [-0.39, 0.29) is 12.4 Å². The van der Waals surface area contributed by atoms with Gasteiger partial charge in [0.2, 0.25) is 0 Å². The zero-order valence-corrected chi connectivity index (χ0v) is 13.2. The van der Waals surface area contributed by atoms with E-state index in [1.54, 1.807) is 11.3 Å². The molecule has 1 atom stereocenters. The molecule has 19 heavy (non-hydrogen) atoms. The number of hydrazine groups is 1. The molecule has 1 heterocycles. The Kier molecular flexibility index (Phi) is 12.5. The van der Waals surface area contributed by atoms with Gasteiger partial charge < -0.3 is 12.4 Å². The van der Waals surface area contributed by atoms with Crippen molar-refractivity contribution in [1.29, 1.82) is 0 Å². The van der Waals surface area contributed by atoms with E-state index in [0.717, 1.165) is 13.2 Å². The van der Waals surface area contributed by atoms with E-state index in [0.29, 0.717) is 0 Å². The molecule has 0 fully saturated rings. The van der Waals surface area contributed by atoms with Crippen LogP contribution in [0.4, 0.5) is 0 Å². The van der Waals surface area contributed by atoms with Crippen molar-refractivity contribution in [2.24, 2.45) is 10.9 Å². The van der Waals surface area contributed by atoms with Gasteiger partial charge in [0.05, 0.1) is 0 Å². The maximum Gasteiger partial charge on any atom is 0.191 e.